The zero-order valence-electron chi connectivity index (χ0n) is 15.6. The fourth-order valence-electron chi connectivity index (χ4n) is 5.10. The Kier molecular flexibility index (Phi) is 5.00. The lowest BCUT2D eigenvalue weighted by molar-refractivity contribution is -0.147. The number of likely N-dealkylation sites (tertiary alicyclic amines) is 2. The molecular formula is C20H30N4O2. The van der Waals surface area contributed by atoms with E-state index >= 15 is 0 Å². The number of piperidine rings is 1. The lowest BCUT2D eigenvalue weighted by Crippen LogP contribution is -2.51. The van der Waals surface area contributed by atoms with Gasteiger partial charge < -0.3 is 9.80 Å². The summed E-state index contributed by atoms with van der Waals surface area (Å²) >= 11 is 0. The van der Waals surface area contributed by atoms with Crippen LogP contribution in [-0.4, -0.2) is 57.6 Å². The summed E-state index contributed by atoms with van der Waals surface area (Å²) in [6.07, 6.45) is 12.8. The van der Waals surface area contributed by atoms with E-state index in [2.05, 4.69) is 10.00 Å². The van der Waals surface area contributed by atoms with E-state index in [1.807, 2.05) is 11.0 Å². The second kappa shape index (κ2) is 7.41. The van der Waals surface area contributed by atoms with E-state index in [9.17, 15) is 9.59 Å². The lowest BCUT2D eigenvalue weighted by Gasteiger charge is -2.41. The van der Waals surface area contributed by atoms with Crippen molar-refractivity contribution < 1.29 is 9.59 Å². The summed E-state index contributed by atoms with van der Waals surface area (Å²) in [5.41, 5.74) is -0.327. The zero-order chi connectivity index (χ0) is 18.0. The van der Waals surface area contributed by atoms with E-state index in [-0.39, 0.29) is 17.9 Å². The Morgan fingerprint density at radius 2 is 2.00 bits per heavy atom. The molecule has 1 atom stereocenters. The number of amides is 2. The van der Waals surface area contributed by atoms with Crippen LogP contribution < -0.4 is 0 Å². The third-order valence-corrected chi connectivity index (χ3v) is 6.59. The smallest absolute Gasteiger partial charge is 0.244 e. The topological polar surface area (TPSA) is 58.4 Å². The Morgan fingerprint density at radius 3 is 2.77 bits per heavy atom. The average Bonchev–Trinajstić information content (AvgIpc) is 3.31. The number of rotatable bonds is 4. The number of carbonyl (C=O) groups excluding carboxylic acids is 2. The Morgan fingerprint density at radius 1 is 1.15 bits per heavy atom. The summed E-state index contributed by atoms with van der Waals surface area (Å²) in [7, 11) is 0. The first-order valence-corrected chi connectivity index (χ1v) is 10.2. The molecule has 2 amide bonds. The first-order chi connectivity index (χ1) is 12.7. The highest BCUT2D eigenvalue weighted by Gasteiger charge is 2.49. The number of hydrogen-bond acceptors (Lipinski definition) is 3. The molecular weight excluding hydrogens is 328 g/mol. The summed E-state index contributed by atoms with van der Waals surface area (Å²) < 4.78 is 1.66. The largest absolute Gasteiger partial charge is 0.342 e. The van der Waals surface area contributed by atoms with Crippen LogP contribution in [0.3, 0.4) is 0 Å². The summed E-state index contributed by atoms with van der Waals surface area (Å²) in [5, 5.41) is 4.12. The molecule has 3 fully saturated rings. The molecule has 1 aromatic rings. The molecule has 1 aromatic heterocycles. The van der Waals surface area contributed by atoms with Gasteiger partial charge in [-0.05, 0) is 44.1 Å². The molecule has 0 N–H and O–H groups in total. The van der Waals surface area contributed by atoms with E-state index in [1.54, 1.807) is 17.1 Å². The van der Waals surface area contributed by atoms with Crippen molar-refractivity contribution in [3.05, 3.63) is 18.5 Å². The van der Waals surface area contributed by atoms with E-state index in [1.165, 1.54) is 32.1 Å². The maximum absolute atomic E-state index is 13.3. The standard InChI is InChI=1S/C20H30N4O2/c25-18(15-24-12-5-10-21-24)23-13-9-20(16-23)8-4-11-22(19(20)26)14-17-6-2-1-3-7-17/h5,10,12,17H,1-4,6-9,11,13-16H2/t20-/m0/s1. The third kappa shape index (κ3) is 3.51. The molecule has 1 aliphatic carbocycles. The molecule has 3 aliphatic rings. The minimum absolute atomic E-state index is 0.0720. The molecule has 26 heavy (non-hydrogen) atoms. The van der Waals surface area contributed by atoms with Crippen LogP contribution in [0, 0.1) is 11.3 Å². The Balaban J connectivity index is 1.38. The van der Waals surface area contributed by atoms with Gasteiger partial charge in [-0.3, -0.25) is 14.3 Å². The van der Waals surface area contributed by atoms with Gasteiger partial charge in [0.1, 0.15) is 6.54 Å². The summed E-state index contributed by atoms with van der Waals surface area (Å²) in [4.78, 5) is 29.9. The Hall–Kier alpha value is -1.85. The molecule has 0 bridgehead atoms. The molecule has 6 heteroatoms. The highest BCUT2D eigenvalue weighted by molar-refractivity contribution is 5.86. The van der Waals surface area contributed by atoms with Gasteiger partial charge in [0.25, 0.3) is 0 Å². The van der Waals surface area contributed by atoms with Gasteiger partial charge in [0.05, 0.1) is 5.41 Å². The van der Waals surface area contributed by atoms with Crippen molar-refractivity contribution in [2.45, 2.75) is 57.9 Å². The minimum Gasteiger partial charge on any atom is -0.342 e. The monoisotopic (exact) mass is 358 g/mol. The minimum atomic E-state index is -0.327. The van der Waals surface area contributed by atoms with E-state index < -0.39 is 0 Å². The van der Waals surface area contributed by atoms with Crippen molar-refractivity contribution in [3.63, 3.8) is 0 Å². The van der Waals surface area contributed by atoms with Crippen LogP contribution >= 0.6 is 0 Å². The second-order valence-electron chi connectivity index (χ2n) is 8.41. The molecule has 4 rings (SSSR count). The molecule has 1 saturated carbocycles. The number of carbonyl (C=O) groups is 2. The van der Waals surface area contributed by atoms with Gasteiger partial charge in [-0.15, -0.1) is 0 Å². The van der Waals surface area contributed by atoms with Crippen molar-refractivity contribution in [1.82, 2.24) is 19.6 Å². The van der Waals surface area contributed by atoms with Crippen LogP contribution in [0.1, 0.15) is 51.4 Å². The SMILES string of the molecule is O=C(Cn1cccn1)N1CC[C@@]2(CCCN(CC3CCCCC3)C2=O)C1. The maximum Gasteiger partial charge on any atom is 0.244 e. The molecule has 2 aliphatic heterocycles. The third-order valence-electron chi connectivity index (χ3n) is 6.59. The van der Waals surface area contributed by atoms with E-state index in [0.29, 0.717) is 24.9 Å². The van der Waals surface area contributed by atoms with Crippen LogP contribution in [0.5, 0.6) is 0 Å². The Labute approximate surface area is 155 Å². The van der Waals surface area contributed by atoms with Gasteiger partial charge in [-0.25, -0.2) is 0 Å². The van der Waals surface area contributed by atoms with Gasteiger partial charge in [0, 0.05) is 38.6 Å². The first kappa shape index (κ1) is 17.6. The fourth-order valence-corrected chi connectivity index (χ4v) is 5.10. The highest BCUT2D eigenvalue weighted by atomic mass is 16.2. The van der Waals surface area contributed by atoms with Gasteiger partial charge in [-0.1, -0.05) is 19.3 Å². The fraction of sp³-hybridized carbons (Fsp3) is 0.750. The van der Waals surface area contributed by atoms with E-state index in [0.717, 1.165) is 32.4 Å². The van der Waals surface area contributed by atoms with Crippen LogP contribution in [0.25, 0.3) is 0 Å². The number of nitrogens with zero attached hydrogens (tertiary/aromatic N) is 4. The van der Waals surface area contributed by atoms with Gasteiger partial charge >= 0.3 is 0 Å². The Bertz CT molecular complexity index is 638. The van der Waals surface area contributed by atoms with Crippen molar-refractivity contribution >= 4 is 11.8 Å². The summed E-state index contributed by atoms with van der Waals surface area (Å²) in [5.74, 6) is 1.06. The molecule has 6 nitrogen and oxygen atoms in total. The molecule has 1 spiro atoms. The van der Waals surface area contributed by atoms with Crippen LogP contribution in [-0.2, 0) is 16.1 Å². The normalized spacial score (nSPS) is 27.5. The molecule has 142 valence electrons. The first-order valence-electron chi connectivity index (χ1n) is 10.2. The average molecular weight is 358 g/mol. The van der Waals surface area contributed by atoms with Crippen molar-refractivity contribution in [2.75, 3.05) is 26.2 Å². The van der Waals surface area contributed by atoms with Gasteiger partial charge in [0.15, 0.2) is 0 Å². The second-order valence-corrected chi connectivity index (χ2v) is 8.41. The van der Waals surface area contributed by atoms with Crippen molar-refractivity contribution in [1.29, 1.82) is 0 Å². The van der Waals surface area contributed by atoms with Crippen molar-refractivity contribution in [3.8, 4) is 0 Å². The molecule has 2 saturated heterocycles. The summed E-state index contributed by atoms with van der Waals surface area (Å²) in [6.45, 7) is 3.39. The van der Waals surface area contributed by atoms with Gasteiger partial charge in [-0.2, -0.15) is 5.10 Å². The van der Waals surface area contributed by atoms with Gasteiger partial charge in [0.2, 0.25) is 11.8 Å². The number of aromatic nitrogens is 2. The molecule has 0 unspecified atom stereocenters. The van der Waals surface area contributed by atoms with Crippen LogP contribution in [0.2, 0.25) is 0 Å². The summed E-state index contributed by atoms with van der Waals surface area (Å²) in [6, 6.07) is 1.83. The molecule has 0 radical (unpaired) electrons. The van der Waals surface area contributed by atoms with E-state index in [4.69, 9.17) is 0 Å². The predicted octanol–water partition coefficient (Wildman–Crippen LogP) is 2.30. The molecule has 3 heterocycles. The molecule has 0 aromatic carbocycles. The maximum atomic E-state index is 13.3. The lowest BCUT2D eigenvalue weighted by atomic mass is 9.77. The quantitative estimate of drug-likeness (QED) is 0.830. The number of hydrogen-bond donors (Lipinski definition) is 0. The van der Waals surface area contributed by atoms with Crippen LogP contribution in [0.15, 0.2) is 18.5 Å². The van der Waals surface area contributed by atoms with Crippen molar-refractivity contribution in [2.24, 2.45) is 11.3 Å². The predicted molar refractivity (Wildman–Crippen MR) is 98.2 cm³/mol. The highest BCUT2D eigenvalue weighted by Crippen LogP contribution is 2.41. The zero-order valence-corrected chi connectivity index (χ0v) is 15.6. The van der Waals surface area contributed by atoms with Crippen LogP contribution in [0.4, 0.5) is 0 Å².